The third-order valence-corrected chi connectivity index (χ3v) is 4.14. The molecule has 3 rings (SSSR count). The van der Waals surface area contributed by atoms with E-state index in [0.29, 0.717) is 18.5 Å². The van der Waals surface area contributed by atoms with Crippen molar-refractivity contribution in [3.8, 4) is 0 Å². The van der Waals surface area contributed by atoms with E-state index in [1.54, 1.807) is 6.07 Å². The van der Waals surface area contributed by atoms with Gasteiger partial charge in [0.2, 0.25) is 0 Å². The Morgan fingerprint density at radius 1 is 1.33 bits per heavy atom. The maximum atomic E-state index is 12.7. The van der Waals surface area contributed by atoms with Gasteiger partial charge in [-0.15, -0.1) is 0 Å². The van der Waals surface area contributed by atoms with Crippen molar-refractivity contribution in [1.29, 1.82) is 0 Å². The molecule has 2 atom stereocenters. The van der Waals surface area contributed by atoms with Crippen molar-refractivity contribution < 1.29 is 13.2 Å². The number of anilines is 1. The summed E-state index contributed by atoms with van der Waals surface area (Å²) in [7, 11) is 0. The minimum Gasteiger partial charge on any atom is -0.368 e. The maximum Gasteiger partial charge on any atom is 0.416 e. The molecule has 2 heterocycles. The fourth-order valence-corrected chi connectivity index (χ4v) is 3.17. The van der Waals surface area contributed by atoms with Crippen LogP contribution in [0.1, 0.15) is 17.5 Å². The number of alkyl halides is 3. The van der Waals surface area contributed by atoms with Gasteiger partial charge in [0.05, 0.1) is 5.56 Å². The molecule has 1 aromatic rings. The Kier molecular flexibility index (Phi) is 2.55. The Hall–Kier alpha value is -1.23. The standard InChI is InChI=1S/C13H15F3N2/c14-13(15,16)10-2-1-8-5-11-9(7-17)3-4-18(11)12(8)6-10/h1-2,6,9,11H,3-5,7,17H2. The third kappa shape index (κ3) is 1.68. The summed E-state index contributed by atoms with van der Waals surface area (Å²) in [5.41, 5.74) is 6.93. The lowest BCUT2D eigenvalue weighted by Crippen LogP contribution is -2.32. The SMILES string of the molecule is NCC1CCN2c3cc(C(F)(F)F)ccc3CC12. The van der Waals surface area contributed by atoms with E-state index in [9.17, 15) is 13.2 Å². The second-order valence-electron chi connectivity index (χ2n) is 5.09. The quantitative estimate of drug-likeness (QED) is 0.836. The minimum atomic E-state index is -4.26. The van der Waals surface area contributed by atoms with E-state index in [1.165, 1.54) is 12.1 Å². The molecule has 2 nitrogen and oxygen atoms in total. The Morgan fingerprint density at radius 2 is 2.11 bits per heavy atom. The van der Waals surface area contributed by atoms with Crippen molar-refractivity contribution in [3.63, 3.8) is 0 Å². The van der Waals surface area contributed by atoms with Gasteiger partial charge < -0.3 is 10.6 Å². The first-order valence-electron chi connectivity index (χ1n) is 6.17. The molecule has 1 saturated heterocycles. The summed E-state index contributed by atoms with van der Waals surface area (Å²) in [5.74, 6) is 0.409. The summed E-state index contributed by atoms with van der Waals surface area (Å²) < 4.78 is 38.1. The zero-order valence-corrected chi connectivity index (χ0v) is 9.87. The van der Waals surface area contributed by atoms with Crippen LogP contribution in [0.5, 0.6) is 0 Å². The highest BCUT2D eigenvalue weighted by atomic mass is 19.4. The highest BCUT2D eigenvalue weighted by Crippen LogP contribution is 2.42. The fourth-order valence-electron chi connectivity index (χ4n) is 3.17. The number of benzene rings is 1. The van der Waals surface area contributed by atoms with Crippen LogP contribution in [0.15, 0.2) is 18.2 Å². The van der Waals surface area contributed by atoms with E-state index >= 15 is 0 Å². The number of nitrogens with two attached hydrogens (primary N) is 1. The van der Waals surface area contributed by atoms with Gasteiger partial charge in [-0.05, 0) is 43.0 Å². The van der Waals surface area contributed by atoms with Gasteiger partial charge in [-0.1, -0.05) is 6.07 Å². The summed E-state index contributed by atoms with van der Waals surface area (Å²) in [5, 5.41) is 0. The highest BCUT2D eigenvalue weighted by molar-refractivity contribution is 5.62. The zero-order chi connectivity index (χ0) is 12.9. The Labute approximate surface area is 104 Å². The van der Waals surface area contributed by atoms with Crippen molar-refractivity contribution >= 4 is 5.69 Å². The molecule has 5 heteroatoms. The van der Waals surface area contributed by atoms with Gasteiger partial charge in [-0.3, -0.25) is 0 Å². The Morgan fingerprint density at radius 3 is 2.78 bits per heavy atom. The van der Waals surface area contributed by atoms with Crippen LogP contribution in [-0.4, -0.2) is 19.1 Å². The monoisotopic (exact) mass is 256 g/mol. The molecule has 2 N–H and O–H groups in total. The van der Waals surface area contributed by atoms with Crippen LogP contribution in [-0.2, 0) is 12.6 Å². The minimum absolute atomic E-state index is 0.300. The van der Waals surface area contributed by atoms with E-state index < -0.39 is 11.7 Å². The second-order valence-corrected chi connectivity index (χ2v) is 5.09. The average molecular weight is 256 g/mol. The molecule has 0 radical (unpaired) electrons. The second kappa shape index (κ2) is 3.88. The van der Waals surface area contributed by atoms with Gasteiger partial charge in [0.15, 0.2) is 0 Å². The zero-order valence-electron chi connectivity index (χ0n) is 9.87. The van der Waals surface area contributed by atoms with E-state index in [0.717, 1.165) is 30.6 Å². The molecule has 0 amide bonds. The van der Waals surface area contributed by atoms with Gasteiger partial charge in [-0.25, -0.2) is 0 Å². The van der Waals surface area contributed by atoms with Crippen LogP contribution in [0.3, 0.4) is 0 Å². The molecular formula is C13H15F3N2. The average Bonchev–Trinajstić information content (AvgIpc) is 2.84. The number of nitrogens with zero attached hydrogens (tertiary/aromatic N) is 1. The summed E-state index contributed by atoms with van der Waals surface area (Å²) in [4.78, 5) is 2.10. The molecule has 0 bridgehead atoms. The highest BCUT2D eigenvalue weighted by Gasteiger charge is 2.40. The lowest BCUT2D eigenvalue weighted by atomic mass is 9.96. The van der Waals surface area contributed by atoms with Gasteiger partial charge in [0.25, 0.3) is 0 Å². The van der Waals surface area contributed by atoms with Crippen LogP contribution in [0.2, 0.25) is 0 Å². The van der Waals surface area contributed by atoms with Crippen molar-refractivity contribution in [2.75, 3.05) is 18.0 Å². The molecule has 2 aliphatic heterocycles. The molecule has 18 heavy (non-hydrogen) atoms. The van der Waals surface area contributed by atoms with E-state index in [4.69, 9.17) is 5.73 Å². The number of hydrogen-bond acceptors (Lipinski definition) is 2. The summed E-state index contributed by atoms with van der Waals surface area (Å²) in [6.07, 6.45) is -2.45. The molecule has 2 unspecified atom stereocenters. The lowest BCUT2D eigenvalue weighted by molar-refractivity contribution is -0.137. The predicted octanol–water partition coefficient (Wildman–Crippen LogP) is 2.42. The normalized spacial score (nSPS) is 26.3. The van der Waals surface area contributed by atoms with Gasteiger partial charge in [0, 0.05) is 18.3 Å². The lowest BCUT2D eigenvalue weighted by Gasteiger charge is -2.22. The fraction of sp³-hybridized carbons (Fsp3) is 0.538. The molecule has 2 aliphatic rings. The smallest absolute Gasteiger partial charge is 0.368 e. The summed E-state index contributed by atoms with van der Waals surface area (Å²) >= 11 is 0. The van der Waals surface area contributed by atoms with Crippen LogP contribution in [0, 0.1) is 5.92 Å². The number of halogens is 3. The van der Waals surface area contributed by atoms with Gasteiger partial charge >= 0.3 is 6.18 Å². The largest absolute Gasteiger partial charge is 0.416 e. The molecule has 0 aliphatic carbocycles. The topological polar surface area (TPSA) is 29.3 Å². The van der Waals surface area contributed by atoms with E-state index in [1.807, 2.05) is 0 Å². The van der Waals surface area contributed by atoms with Crippen LogP contribution in [0.25, 0.3) is 0 Å². The molecule has 0 saturated carbocycles. The van der Waals surface area contributed by atoms with Crippen LogP contribution >= 0.6 is 0 Å². The Bertz CT molecular complexity index is 470. The predicted molar refractivity (Wildman–Crippen MR) is 63.4 cm³/mol. The maximum absolute atomic E-state index is 12.7. The van der Waals surface area contributed by atoms with Gasteiger partial charge in [0.1, 0.15) is 0 Å². The van der Waals surface area contributed by atoms with E-state index in [-0.39, 0.29) is 0 Å². The molecule has 0 spiro atoms. The first-order chi connectivity index (χ1) is 8.50. The van der Waals surface area contributed by atoms with Crippen molar-refractivity contribution in [2.24, 2.45) is 11.7 Å². The molecule has 0 aromatic heterocycles. The van der Waals surface area contributed by atoms with Gasteiger partial charge in [-0.2, -0.15) is 13.2 Å². The van der Waals surface area contributed by atoms with Crippen molar-refractivity contribution in [2.45, 2.75) is 25.1 Å². The first-order valence-corrected chi connectivity index (χ1v) is 6.17. The molecule has 1 fully saturated rings. The van der Waals surface area contributed by atoms with E-state index in [2.05, 4.69) is 4.90 Å². The van der Waals surface area contributed by atoms with Crippen LogP contribution < -0.4 is 10.6 Å². The summed E-state index contributed by atoms with van der Waals surface area (Å²) in [6, 6.07) is 4.38. The molecule has 1 aromatic carbocycles. The number of hydrogen-bond donors (Lipinski definition) is 1. The molecular weight excluding hydrogens is 241 g/mol. The molecule has 98 valence electrons. The Balaban J connectivity index is 1.96. The summed E-state index contributed by atoms with van der Waals surface area (Å²) in [6.45, 7) is 1.43. The third-order valence-electron chi connectivity index (χ3n) is 4.14. The van der Waals surface area contributed by atoms with Crippen molar-refractivity contribution in [3.05, 3.63) is 29.3 Å². The van der Waals surface area contributed by atoms with Crippen molar-refractivity contribution in [1.82, 2.24) is 0 Å². The van der Waals surface area contributed by atoms with Crippen LogP contribution in [0.4, 0.5) is 18.9 Å². The first kappa shape index (κ1) is 11.8. The number of fused-ring (bicyclic) bond motifs is 3. The number of rotatable bonds is 1.